The fourth-order valence-electron chi connectivity index (χ4n) is 1.70. The van der Waals surface area contributed by atoms with Crippen LogP contribution in [0, 0.1) is 24.0 Å². The molecule has 0 aliphatic heterocycles. The van der Waals surface area contributed by atoms with E-state index in [-0.39, 0.29) is 5.69 Å². The number of nitrogens with zero attached hydrogens (tertiary/aromatic N) is 2. The van der Waals surface area contributed by atoms with Crippen molar-refractivity contribution in [2.24, 2.45) is 0 Å². The molecule has 0 aliphatic carbocycles. The Morgan fingerprint density at radius 1 is 1.44 bits per heavy atom. The molecule has 6 nitrogen and oxygen atoms in total. The van der Waals surface area contributed by atoms with Crippen molar-refractivity contribution >= 4 is 11.4 Å². The van der Waals surface area contributed by atoms with Gasteiger partial charge in [-0.3, -0.25) is 10.1 Å². The van der Waals surface area contributed by atoms with Crippen LogP contribution >= 0.6 is 0 Å². The zero-order valence-electron chi connectivity index (χ0n) is 10.2. The fraction of sp³-hybridized carbons (Fsp3) is 0.250. The molecule has 1 aromatic heterocycles. The minimum Gasteiger partial charge on any atom is -0.379 e. The maximum Gasteiger partial charge on any atom is 0.269 e. The van der Waals surface area contributed by atoms with Crippen LogP contribution in [0.25, 0.3) is 0 Å². The Labute approximate surface area is 104 Å². The number of hydrogen-bond donors (Lipinski definition) is 2. The largest absolute Gasteiger partial charge is 0.379 e. The number of H-pyrrole nitrogens is 1. The van der Waals surface area contributed by atoms with Crippen molar-refractivity contribution in [3.63, 3.8) is 0 Å². The van der Waals surface area contributed by atoms with E-state index in [0.717, 1.165) is 22.6 Å². The molecule has 0 amide bonds. The minimum atomic E-state index is -0.394. The molecule has 1 heterocycles. The lowest BCUT2D eigenvalue weighted by Crippen LogP contribution is -2.03. The first kappa shape index (κ1) is 12.1. The van der Waals surface area contributed by atoms with Crippen molar-refractivity contribution in [1.82, 2.24) is 9.97 Å². The van der Waals surface area contributed by atoms with E-state index in [1.165, 1.54) is 6.07 Å². The lowest BCUT2D eigenvalue weighted by molar-refractivity contribution is -0.384. The summed E-state index contributed by atoms with van der Waals surface area (Å²) in [7, 11) is 0. The Hall–Kier alpha value is -2.37. The van der Waals surface area contributed by atoms with E-state index in [4.69, 9.17) is 0 Å². The molecular weight excluding hydrogens is 232 g/mol. The van der Waals surface area contributed by atoms with Crippen LogP contribution in [0.3, 0.4) is 0 Å². The van der Waals surface area contributed by atoms with Crippen molar-refractivity contribution in [2.45, 2.75) is 20.4 Å². The minimum absolute atomic E-state index is 0.106. The molecule has 2 aromatic rings. The Balaban J connectivity index is 2.11. The number of non-ortho nitro benzene ring substituents is 1. The van der Waals surface area contributed by atoms with Crippen molar-refractivity contribution in [3.05, 3.63) is 51.6 Å². The van der Waals surface area contributed by atoms with Crippen molar-refractivity contribution in [1.29, 1.82) is 0 Å². The molecule has 18 heavy (non-hydrogen) atoms. The molecule has 6 heteroatoms. The molecule has 94 valence electrons. The van der Waals surface area contributed by atoms with Gasteiger partial charge in [0.25, 0.3) is 5.69 Å². The lowest BCUT2D eigenvalue weighted by Gasteiger charge is -2.08. The van der Waals surface area contributed by atoms with Crippen LogP contribution in [-0.4, -0.2) is 14.9 Å². The zero-order chi connectivity index (χ0) is 13.1. The number of rotatable bonds is 4. The molecule has 0 spiro atoms. The van der Waals surface area contributed by atoms with Crippen molar-refractivity contribution in [2.75, 3.05) is 5.32 Å². The van der Waals surface area contributed by atoms with Gasteiger partial charge in [0.2, 0.25) is 0 Å². The average Bonchev–Trinajstić information content (AvgIpc) is 2.73. The highest BCUT2D eigenvalue weighted by Gasteiger charge is 2.08. The molecule has 1 aromatic carbocycles. The molecule has 2 N–H and O–H groups in total. The smallest absolute Gasteiger partial charge is 0.269 e. The van der Waals surface area contributed by atoms with Crippen LogP contribution in [-0.2, 0) is 6.54 Å². The van der Waals surface area contributed by atoms with Gasteiger partial charge < -0.3 is 10.3 Å². The molecule has 0 saturated carbocycles. The average molecular weight is 246 g/mol. The van der Waals surface area contributed by atoms with Gasteiger partial charge in [-0.15, -0.1) is 0 Å². The van der Waals surface area contributed by atoms with E-state index in [2.05, 4.69) is 15.3 Å². The molecule has 0 saturated heterocycles. The Morgan fingerprint density at radius 2 is 2.22 bits per heavy atom. The van der Waals surface area contributed by atoms with Crippen LogP contribution in [0.15, 0.2) is 24.5 Å². The second-order valence-electron chi connectivity index (χ2n) is 4.08. The fourth-order valence-corrected chi connectivity index (χ4v) is 1.70. The van der Waals surface area contributed by atoms with Gasteiger partial charge in [-0.2, -0.15) is 0 Å². The number of imidazole rings is 1. The molecule has 0 aliphatic rings. The van der Waals surface area contributed by atoms with Crippen LogP contribution in [0.5, 0.6) is 0 Å². The van der Waals surface area contributed by atoms with Gasteiger partial charge in [-0.25, -0.2) is 4.98 Å². The van der Waals surface area contributed by atoms with Crippen LogP contribution < -0.4 is 5.32 Å². The monoisotopic (exact) mass is 246 g/mol. The molecule has 0 bridgehead atoms. The highest BCUT2D eigenvalue weighted by molar-refractivity contribution is 5.55. The van der Waals surface area contributed by atoms with E-state index >= 15 is 0 Å². The molecule has 2 rings (SSSR count). The summed E-state index contributed by atoms with van der Waals surface area (Å²) < 4.78 is 0. The number of benzene rings is 1. The van der Waals surface area contributed by atoms with E-state index < -0.39 is 4.92 Å². The topological polar surface area (TPSA) is 83.8 Å². The molecule has 0 unspecified atom stereocenters. The quantitative estimate of drug-likeness (QED) is 0.641. The Morgan fingerprint density at radius 3 is 2.78 bits per heavy atom. The SMILES string of the molecule is Cc1cc([N+](=O)[O-])ccc1NCc1nc[nH]c1C. The van der Waals surface area contributed by atoms with Gasteiger partial charge in [0.1, 0.15) is 0 Å². The summed E-state index contributed by atoms with van der Waals surface area (Å²) in [5.41, 5.74) is 3.78. The highest BCUT2D eigenvalue weighted by atomic mass is 16.6. The number of aromatic nitrogens is 2. The number of hydrogen-bond acceptors (Lipinski definition) is 4. The number of nitrogens with one attached hydrogen (secondary N) is 2. The summed E-state index contributed by atoms with van der Waals surface area (Å²) in [6.07, 6.45) is 1.65. The van der Waals surface area contributed by atoms with Crippen LogP contribution in [0.2, 0.25) is 0 Å². The normalized spacial score (nSPS) is 10.3. The second-order valence-corrected chi connectivity index (χ2v) is 4.08. The van der Waals surface area contributed by atoms with Gasteiger partial charge >= 0.3 is 0 Å². The number of aromatic amines is 1. The first-order chi connectivity index (χ1) is 8.58. The first-order valence-corrected chi connectivity index (χ1v) is 5.55. The van der Waals surface area contributed by atoms with Gasteiger partial charge in [0.05, 0.1) is 23.5 Å². The summed E-state index contributed by atoms with van der Waals surface area (Å²) in [6.45, 7) is 4.38. The van der Waals surface area contributed by atoms with E-state index in [9.17, 15) is 10.1 Å². The molecule has 0 radical (unpaired) electrons. The van der Waals surface area contributed by atoms with Gasteiger partial charge in [-0.1, -0.05) is 0 Å². The third kappa shape index (κ3) is 2.48. The van der Waals surface area contributed by atoms with Crippen molar-refractivity contribution < 1.29 is 4.92 Å². The summed E-state index contributed by atoms with van der Waals surface area (Å²) in [4.78, 5) is 17.4. The van der Waals surface area contributed by atoms with Gasteiger partial charge in [0, 0.05) is 23.5 Å². The Bertz CT molecular complexity index is 577. The maximum atomic E-state index is 10.6. The number of nitro benzene ring substituents is 1. The lowest BCUT2D eigenvalue weighted by atomic mass is 10.1. The zero-order valence-corrected chi connectivity index (χ0v) is 10.2. The van der Waals surface area contributed by atoms with Gasteiger partial charge in [-0.05, 0) is 25.5 Å². The van der Waals surface area contributed by atoms with Crippen LogP contribution in [0.4, 0.5) is 11.4 Å². The Kier molecular flexibility index (Phi) is 3.27. The first-order valence-electron chi connectivity index (χ1n) is 5.55. The van der Waals surface area contributed by atoms with Crippen LogP contribution in [0.1, 0.15) is 17.0 Å². The third-order valence-electron chi connectivity index (χ3n) is 2.80. The molecule has 0 atom stereocenters. The highest BCUT2D eigenvalue weighted by Crippen LogP contribution is 2.21. The predicted molar refractivity (Wildman–Crippen MR) is 68.5 cm³/mol. The second kappa shape index (κ2) is 4.87. The maximum absolute atomic E-state index is 10.6. The predicted octanol–water partition coefficient (Wildman–Crippen LogP) is 2.55. The third-order valence-corrected chi connectivity index (χ3v) is 2.80. The summed E-state index contributed by atoms with van der Waals surface area (Å²) in [5, 5.41) is 13.8. The van der Waals surface area contributed by atoms with Gasteiger partial charge in [0.15, 0.2) is 0 Å². The van der Waals surface area contributed by atoms with E-state index in [1.54, 1.807) is 18.5 Å². The summed E-state index contributed by atoms with van der Waals surface area (Å²) in [6, 6.07) is 4.77. The number of anilines is 1. The molecule has 0 fully saturated rings. The summed E-state index contributed by atoms with van der Waals surface area (Å²) >= 11 is 0. The number of aryl methyl sites for hydroxylation is 2. The summed E-state index contributed by atoms with van der Waals surface area (Å²) in [5.74, 6) is 0. The van der Waals surface area contributed by atoms with E-state index in [0.29, 0.717) is 6.54 Å². The number of nitro groups is 1. The van der Waals surface area contributed by atoms with Crippen molar-refractivity contribution in [3.8, 4) is 0 Å². The molecular formula is C12H14N4O2. The standard InChI is InChI=1S/C12H14N4O2/c1-8-5-10(16(17)18)3-4-11(8)13-6-12-9(2)14-7-15-12/h3-5,7,13H,6H2,1-2H3,(H,14,15). The van der Waals surface area contributed by atoms with E-state index in [1.807, 2.05) is 13.8 Å².